The first-order chi connectivity index (χ1) is 10.2. The lowest BCUT2D eigenvalue weighted by Gasteiger charge is -2.02. The molecule has 0 radical (unpaired) electrons. The van der Waals surface area contributed by atoms with Crippen LogP contribution in [-0.2, 0) is 0 Å². The Morgan fingerprint density at radius 2 is 1.71 bits per heavy atom. The Morgan fingerprint density at radius 1 is 1.00 bits per heavy atom. The van der Waals surface area contributed by atoms with Gasteiger partial charge in [0.2, 0.25) is 5.89 Å². The molecule has 0 spiro atoms. The van der Waals surface area contributed by atoms with E-state index in [1.54, 1.807) is 12.1 Å². The molecule has 1 aromatic heterocycles. The molecule has 3 aromatic rings. The van der Waals surface area contributed by atoms with Gasteiger partial charge in [-0.3, -0.25) is 10.1 Å². The van der Waals surface area contributed by atoms with E-state index in [9.17, 15) is 9.90 Å². The number of aromatic nitrogens is 2. The fourth-order valence-electron chi connectivity index (χ4n) is 1.80. The minimum absolute atomic E-state index is 0.0258. The summed E-state index contributed by atoms with van der Waals surface area (Å²) in [5.74, 6) is -0.322. The molecule has 2 aromatic carbocycles. The zero-order valence-electron chi connectivity index (χ0n) is 10.9. The zero-order valence-corrected chi connectivity index (χ0v) is 10.9. The maximum atomic E-state index is 12.0. The molecule has 3 rings (SSSR count). The number of phenolic OH excluding ortho intramolecular Hbond substituents is 1. The van der Waals surface area contributed by atoms with E-state index in [2.05, 4.69) is 15.5 Å². The number of nitrogens with zero attached hydrogens (tertiary/aromatic N) is 2. The van der Waals surface area contributed by atoms with Crippen LogP contribution in [0.2, 0.25) is 0 Å². The third kappa shape index (κ3) is 2.74. The summed E-state index contributed by atoms with van der Waals surface area (Å²) in [6.45, 7) is 0. The summed E-state index contributed by atoms with van der Waals surface area (Å²) in [5, 5.41) is 19.7. The third-order valence-corrected chi connectivity index (χ3v) is 2.81. The summed E-state index contributed by atoms with van der Waals surface area (Å²) in [6.07, 6.45) is 0. The minimum Gasteiger partial charge on any atom is -0.507 e. The van der Waals surface area contributed by atoms with Gasteiger partial charge in [0, 0.05) is 5.56 Å². The number of hydrogen-bond acceptors (Lipinski definition) is 5. The number of rotatable bonds is 3. The van der Waals surface area contributed by atoms with E-state index in [-0.39, 0.29) is 17.3 Å². The second kappa shape index (κ2) is 5.46. The molecule has 1 heterocycles. The molecule has 0 aliphatic carbocycles. The average molecular weight is 281 g/mol. The quantitative estimate of drug-likeness (QED) is 0.770. The molecular weight excluding hydrogens is 270 g/mol. The van der Waals surface area contributed by atoms with Crippen LogP contribution in [0.3, 0.4) is 0 Å². The fourth-order valence-corrected chi connectivity index (χ4v) is 1.80. The van der Waals surface area contributed by atoms with Crippen LogP contribution in [0.1, 0.15) is 10.4 Å². The van der Waals surface area contributed by atoms with Gasteiger partial charge in [-0.05, 0) is 24.3 Å². The van der Waals surface area contributed by atoms with Crippen molar-refractivity contribution in [3.63, 3.8) is 0 Å². The van der Waals surface area contributed by atoms with E-state index < -0.39 is 5.91 Å². The second-order valence-corrected chi connectivity index (χ2v) is 4.25. The normalized spacial score (nSPS) is 10.3. The van der Waals surface area contributed by atoms with Gasteiger partial charge in [-0.15, -0.1) is 5.10 Å². The molecule has 21 heavy (non-hydrogen) atoms. The van der Waals surface area contributed by atoms with Crippen LogP contribution in [-0.4, -0.2) is 21.2 Å². The maximum Gasteiger partial charge on any atom is 0.322 e. The SMILES string of the molecule is O=C(Nc1nnc(-c2ccccc2)o1)c1ccccc1O. The van der Waals surface area contributed by atoms with E-state index in [0.717, 1.165) is 5.56 Å². The van der Waals surface area contributed by atoms with Crippen molar-refractivity contribution in [1.29, 1.82) is 0 Å². The molecule has 0 saturated carbocycles. The van der Waals surface area contributed by atoms with Gasteiger partial charge < -0.3 is 9.52 Å². The van der Waals surface area contributed by atoms with Crippen molar-refractivity contribution in [3.05, 3.63) is 60.2 Å². The van der Waals surface area contributed by atoms with Gasteiger partial charge in [-0.25, -0.2) is 0 Å². The number of amides is 1. The number of nitrogens with one attached hydrogen (secondary N) is 1. The molecule has 6 heteroatoms. The zero-order chi connectivity index (χ0) is 14.7. The van der Waals surface area contributed by atoms with Crippen molar-refractivity contribution in [2.45, 2.75) is 0 Å². The smallest absolute Gasteiger partial charge is 0.322 e. The molecule has 0 atom stereocenters. The predicted molar refractivity (Wildman–Crippen MR) is 75.8 cm³/mol. The number of phenols is 1. The lowest BCUT2D eigenvalue weighted by molar-refractivity contribution is 0.102. The summed E-state index contributed by atoms with van der Waals surface area (Å²) in [6, 6.07) is 15.4. The predicted octanol–water partition coefficient (Wildman–Crippen LogP) is 2.69. The molecule has 1 amide bonds. The second-order valence-electron chi connectivity index (χ2n) is 4.25. The summed E-state index contributed by atoms with van der Waals surface area (Å²) in [7, 11) is 0. The average Bonchev–Trinajstić information content (AvgIpc) is 2.97. The first-order valence-electron chi connectivity index (χ1n) is 6.22. The van der Waals surface area contributed by atoms with Gasteiger partial charge in [0.1, 0.15) is 5.75 Å². The molecule has 2 N–H and O–H groups in total. The topological polar surface area (TPSA) is 88.3 Å². The number of carbonyl (C=O) groups is 1. The molecule has 0 aliphatic rings. The van der Waals surface area contributed by atoms with Crippen LogP contribution < -0.4 is 5.32 Å². The molecule has 0 saturated heterocycles. The molecule has 0 unspecified atom stereocenters. The van der Waals surface area contributed by atoms with E-state index in [1.807, 2.05) is 30.3 Å². The van der Waals surface area contributed by atoms with Gasteiger partial charge in [0.05, 0.1) is 5.56 Å². The lowest BCUT2D eigenvalue weighted by atomic mass is 10.2. The van der Waals surface area contributed by atoms with Crippen molar-refractivity contribution in [2.75, 3.05) is 5.32 Å². The number of anilines is 1. The minimum atomic E-state index is -0.517. The Bertz CT molecular complexity index is 769. The van der Waals surface area contributed by atoms with Gasteiger partial charge in [-0.1, -0.05) is 35.4 Å². The van der Waals surface area contributed by atoms with Gasteiger partial charge in [-0.2, -0.15) is 0 Å². The van der Waals surface area contributed by atoms with Crippen molar-refractivity contribution in [3.8, 4) is 17.2 Å². The third-order valence-electron chi connectivity index (χ3n) is 2.81. The molecule has 0 aliphatic heterocycles. The highest BCUT2D eigenvalue weighted by atomic mass is 16.4. The van der Waals surface area contributed by atoms with E-state index in [4.69, 9.17) is 4.42 Å². The lowest BCUT2D eigenvalue weighted by Crippen LogP contribution is -2.12. The Hall–Kier alpha value is -3.15. The maximum absolute atomic E-state index is 12.0. The Labute approximate surface area is 120 Å². The van der Waals surface area contributed by atoms with Crippen molar-refractivity contribution in [2.24, 2.45) is 0 Å². The molecule has 104 valence electrons. The Kier molecular flexibility index (Phi) is 3.34. The van der Waals surface area contributed by atoms with E-state index in [0.29, 0.717) is 5.89 Å². The largest absolute Gasteiger partial charge is 0.507 e. The standard InChI is InChI=1S/C15H11N3O3/c19-12-9-5-4-8-11(12)13(20)16-15-18-17-14(21-15)10-6-2-1-3-7-10/h1-9,19H,(H,16,18,20). The molecular formula is C15H11N3O3. The van der Waals surface area contributed by atoms with E-state index >= 15 is 0 Å². The summed E-state index contributed by atoms with van der Waals surface area (Å²) in [4.78, 5) is 12.0. The number of para-hydroxylation sites is 1. The number of benzene rings is 2. The monoisotopic (exact) mass is 281 g/mol. The molecule has 0 fully saturated rings. The van der Waals surface area contributed by atoms with E-state index in [1.165, 1.54) is 12.1 Å². The molecule has 0 bridgehead atoms. The fraction of sp³-hybridized carbons (Fsp3) is 0. The van der Waals surface area contributed by atoms with Gasteiger partial charge in [0.15, 0.2) is 0 Å². The summed E-state index contributed by atoms with van der Waals surface area (Å²) in [5.41, 5.74) is 0.894. The van der Waals surface area contributed by atoms with Crippen LogP contribution in [0.15, 0.2) is 59.0 Å². The summed E-state index contributed by atoms with van der Waals surface area (Å²) >= 11 is 0. The van der Waals surface area contributed by atoms with Crippen LogP contribution >= 0.6 is 0 Å². The van der Waals surface area contributed by atoms with Crippen LogP contribution in [0, 0.1) is 0 Å². The Morgan fingerprint density at radius 3 is 2.48 bits per heavy atom. The van der Waals surface area contributed by atoms with Crippen LogP contribution in [0.4, 0.5) is 6.01 Å². The van der Waals surface area contributed by atoms with Crippen molar-refractivity contribution >= 4 is 11.9 Å². The van der Waals surface area contributed by atoms with Gasteiger partial charge >= 0.3 is 6.01 Å². The van der Waals surface area contributed by atoms with Crippen LogP contribution in [0.25, 0.3) is 11.5 Å². The molecule has 6 nitrogen and oxygen atoms in total. The highest BCUT2D eigenvalue weighted by Crippen LogP contribution is 2.21. The summed E-state index contributed by atoms with van der Waals surface area (Å²) < 4.78 is 5.37. The highest BCUT2D eigenvalue weighted by molar-refractivity contribution is 6.05. The van der Waals surface area contributed by atoms with Crippen LogP contribution in [0.5, 0.6) is 5.75 Å². The van der Waals surface area contributed by atoms with Gasteiger partial charge in [0.25, 0.3) is 5.91 Å². The van der Waals surface area contributed by atoms with Crippen molar-refractivity contribution < 1.29 is 14.3 Å². The first-order valence-corrected chi connectivity index (χ1v) is 6.22. The Balaban J connectivity index is 1.79. The number of aromatic hydroxyl groups is 1. The highest BCUT2D eigenvalue weighted by Gasteiger charge is 2.14. The number of hydrogen-bond donors (Lipinski definition) is 2. The van der Waals surface area contributed by atoms with Crippen molar-refractivity contribution in [1.82, 2.24) is 10.2 Å². The first kappa shape index (κ1) is 12.9. The number of carbonyl (C=O) groups excluding carboxylic acids is 1.